The number of nitrogens with zero attached hydrogens (tertiary/aromatic N) is 1. The van der Waals surface area contributed by atoms with Gasteiger partial charge < -0.3 is 24.6 Å². The van der Waals surface area contributed by atoms with Gasteiger partial charge in [0.15, 0.2) is 11.5 Å². The van der Waals surface area contributed by atoms with Crippen molar-refractivity contribution in [1.29, 1.82) is 0 Å². The highest BCUT2D eigenvalue weighted by molar-refractivity contribution is 5.83. The van der Waals surface area contributed by atoms with E-state index in [1.54, 1.807) is 18.9 Å². The fourth-order valence-electron chi connectivity index (χ4n) is 5.51. The molecule has 7 heteroatoms. The van der Waals surface area contributed by atoms with Gasteiger partial charge in [-0.3, -0.25) is 9.59 Å². The first-order valence-electron chi connectivity index (χ1n) is 12.7. The number of aliphatic carboxylic acids is 1. The van der Waals surface area contributed by atoms with Crippen LogP contribution in [0.15, 0.2) is 18.2 Å². The van der Waals surface area contributed by atoms with E-state index < -0.39 is 23.4 Å². The standard InChI is InChI=1S/C27H41NO6/c1-5-6-9-20(15-25(30)31)26(32)28-16-22(27(3,17-28)18(2)29)19-12-13-23(33-4)24(14-19)34-21-10-7-8-11-21/h12-14,18,20-22,29H,5-11,15-17H2,1-4H3,(H,30,31)/t18-,20-,22+,27+/m1/s1. The number of aliphatic hydroxyl groups excluding tert-OH is 1. The normalized spacial score (nSPS) is 24.7. The van der Waals surface area contributed by atoms with Crippen LogP contribution in [0.3, 0.4) is 0 Å². The van der Waals surface area contributed by atoms with E-state index in [-0.39, 0.29) is 24.3 Å². The fraction of sp³-hybridized carbons (Fsp3) is 0.704. The molecule has 0 bridgehead atoms. The van der Waals surface area contributed by atoms with E-state index in [0.29, 0.717) is 31.0 Å². The number of carboxylic acid groups (broad SMARTS) is 1. The first-order chi connectivity index (χ1) is 16.2. The Morgan fingerprint density at radius 3 is 2.53 bits per heavy atom. The summed E-state index contributed by atoms with van der Waals surface area (Å²) in [5, 5.41) is 20.1. The first kappa shape index (κ1) is 26.3. The summed E-state index contributed by atoms with van der Waals surface area (Å²) in [5.74, 6) is -0.331. The second-order valence-corrected chi connectivity index (χ2v) is 10.3. The predicted octanol–water partition coefficient (Wildman–Crippen LogP) is 4.61. The first-order valence-corrected chi connectivity index (χ1v) is 12.7. The highest BCUT2D eigenvalue weighted by Crippen LogP contribution is 2.47. The molecule has 2 aliphatic rings. The van der Waals surface area contributed by atoms with Crippen molar-refractivity contribution in [3.63, 3.8) is 0 Å². The molecule has 1 heterocycles. The number of benzene rings is 1. The summed E-state index contributed by atoms with van der Waals surface area (Å²) in [6.45, 7) is 6.65. The van der Waals surface area contributed by atoms with Crippen molar-refractivity contribution in [2.45, 2.75) is 90.3 Å². The van der Waals surface area contributed by atoms with Gasteiger partial charge in [0.05, 0.1) is 25.7 Å². The lowest BCUT2D eigenvalue weighted by molar-refractivity contribution is -0.144. The monoisotopic (exact) mass is 475 g/mol. The van der Waals surface area contributed by atoms with Crippen LogP contribution in [0.4, 0.5) is 0 Å². The lowest BCUT2D eigenvalue weighted by Gasteiger charge is -2.34. The largest absolute Gasteiger partial charge is 0.493 e. The molecule has 34 heavy (non-hydrogen) atoms. The van der Waals surface area contributed by atoms with E-state index >= 15 is 0 Å². The zero-order valence-electron chi connectivity index (χ0n) is 21.1. The molecule has 0 radical (unpaired) electrons. The van der Waals surface area contributed by atoms with Crippen molar-refractivity contribution < 1.29 is 29.3 Å². The van der Waals surface area contributed by atoms with E-state index in [0.717, 1.165) is 31.2 Å². The van der Waals surface area contributed by atoms with Crippen LogP contribution < -0.4 is 9.47 Å². The molecule has 190 valence electrons. The minimum Gasteiger partial charge on any atom is -0.493 e. The van der Waals surface area contributed by atoms with Crippen LogP contribution in [0, 0.1) is 11.3 Å². The van der Waals surface area contributed by atoms with Crippen LogP contribution in [-0.2, 0) is 9.59 Å². The third-order valence-corrected chi connectivity index (χ3v) is 7.86. The van der Waals surface area contributed by atoms with Crippen LogP contribution in [-0.4, -0.2) is 59.4 Å². The number of rotatable bonds is 11. The van der Waals surface area contributed by atoms with Crippen molar-refractivity contribution in [1.82, 2.24) is 4.90 Å². The number of carbonyl (C=O) groups is 2. The van der Waals surface area contributed by atoms with E-state index in [1.807, 2.05) is 32.0 Å². The Hall–Kier alpha value is -2.28. The Labute approximate surface area is 203 Å². The van der Waals surface area contributed by atoms with Crippen LogP contribution in [0.2, 0.25) is 0 Å². The van der Waals surface area contributed by atoms with Gasteiger partial charge in [-0.2, -0.15) is 0 Å². The predicted molar refractivity (Wildman–Crippen MR) is 130 cm³/mol. The average Bonchev–Trinajstić information content (AvgIpc) is 3.44. The molecule has 1 aromatic rings. The van der Waals surface area contributed by atoms with E-state index in [1.165, 1.54) is 12.8 Å². The number of ether oxygens (including phenoxy) is 2. The molecule has 7 nitrogen and oxygen atoms in total. The van der Waals surface area contributed by atoms with Gasteiger partial charge in [0.2, 0.25) is 5.91 Å². The topological polar surface area (TPSA) is 96.3 Å². The van der Waals surface area contributed by atoms with Crippen LogP contribution in [0.5, 0.6) is 11.5 Å². The molecule has 1 amide bonds. The second kappa shape index (κ2) is 11.4. The van der Waals surface area contributed by atoms with E-state index in [9.17, 15) is 19.8 Å². The summed E-state index contributed by atoms with van der Waals surface area (Å²) in [6, 6.07) is 5.90. The van der Waals surface area contributed by atoms with Gasteiger partial charge >= 0.3 is 5.97 Å². The molecular formula is C27H41NO6. The molecular weight excluding hydrogens is 434 g/mol. The molecule has 0 spiro atoms. The number of methoxy groups -OCH3 is 1. The maximum absolute atomic E-state index is 13.4. The highest BCUT2D eigenvalue weighted by atomic mass is 16.5. The molecule has 2 N–H and O–H groups in total. The maximum Gasteiger partial charge on any atom is 0.304 e. The van der Waals surface area contributed by atoms with Crippen LogP contribution in [0.25, 0.3) is 0 Å². The summed E-state index contributed by atoms with van der Waals surface area (Å²) in [5.41, 5.74) is 0.434. The Balaban J connectivity index is 1.87. The number of carbonyl (C=O) groups excluding carboxylic acids is 1. The van der Waals surface area contributed by atoms with Gasteiger partial charge in [-0.25, -0.2) is 0 Å². The molecule has 1 aromatic carbocycles. The third-order valence-electron chi connectivity index (χ3n) is 7.86. The van der Waals surface area contributed by atoms with Crippen molar-refractivity contribution >= 4 is 11.9 Å². The zero-order valence-corrected chi connectivity index (χ0v) is 21.1. The minimum atomic E-state index is -0.952. The molecule has 4 atom stereocenters. The Morgan fingerprint density at radius 1 is 1.24 bits per heavy atom. The van der Waals surface area contributed by atoms with Gasteiger partial charge in [0, 0.05) is 30.3 Å². The van der Waals surface area contributed by atoms with Crippen LogP contribution in [0.1, 0.15) is 83.6 Å². The SMILES string of the molecule is CCCC[C@H](CC(=O)O)C(=O)N1C[C@@H](c2ccc(OC)c(OC3CCCC3)c2)[C@](C)([C@@H](C)O)C1. The summed E-state index contributed by atoms with van der Waals surface area (Å²) < 4.78 is 11.8. The minimum absolute atomic E-state index is 0.107. The molecule has 1 aliphatic carbocycles. The summed E-state index contributed by atoms with van der Waals surface area (Å²) >= 11 is 0. The molecule has 2 fully saturated rings. The summed E-state index contributed by atoms with van der Waals surface area (Å²) in [7, 11) is 1.63. The molecule has 0 unspecified atom stereocenters. The van der Waals surface area contributed by atoms with Gasteiger partial charge in [-0.1, -0.05) is 32.8 Å². The molecule has 1 saturated heterocycles. The third kappa shape index (κ3) is 5.85. The Bertz CT molecular complexity index is 850. The van der Waals surface area contributed by atoms with E-state index in [2.05, 4.69) is 0 Å². The van der Waals surface area contributed by atoms with Crippen molar-refractivity contribution in [2.24, 2.45) is 11.3 Å². The summed E-state index contributed by atoms with van der Waals surface area (Å²) in [6.07, 6.45) is 6.07. The Kier molecular flexibility index (Phi) is 8.85. The van der Waals surface area contributed by atoms with Crippen molar-refractivity contribution in [3.8, 4) is 11.5 Å². The van der Waals surface area contributed by atoms with Gasteiger partial charge in [-0.15, -0.1) is 0 Å². The lowest BCUT2D eigenvalue weighted by Crippen LogP contribution is -2.40. The van der Waals surface area contributed by atoms with Gasteiger partial charge in [0.1, 0.15) is 0 Å². The molecule has 3 rings (SSSR count). The lowest BCUT2D eigenvalue weighted by atomic mass is 9.72. The molecule has 0 aromatic heterocycles. The van der Waals surface area contributed by atoms with E-state index in [4.69, 9.17) is 9.47 Å². The smallest absolute Gasteiger partial charge is 0.304 e. The number of unbranched alkanes of at least 4 members (excludes halogenated alkanes) is 1. The van der Waals surface area contributed by atoms with Crippen LogP contribution >= 0.6 is 0 Å². The summed E-state index contributed by atoms with van der Waals surface area (Å²) in [4.78, 5) is 26.6. The molecule has 1 saturated carbocycles. The van der Waals surface area contributed by atoms with Gasteiger partial charge in [0.25, 0.3) is 0 Å². The number of hydrogen-bond donors (Lipinski definition) is 2. The number of carboxylic acids is 1. The van der Waals surface area contributed by atoms with Crippen molar-refractivity contribution in [2.75, 3.05) is 20.2 Å². The number of amides is 1. The quantitative estimate of drug-likeness (QED) is 0.485. The number of hydrogen-bond acceptors (Lipinski definition) is 5. The number of aliphatic hydroxyl groups is 1. The Morgan fingerprint density at radius 2 is 1.94 bits per heavy atom. The highest BCUT2D eigenvalue weighted by Gasteiger charge is 2.49. The molecule has 1 aliphatic heterocycles. The van der Waals surface area contributed by atoms with Crippen molar-refractivity contribution in [3.05, 3.63) is 23.8 Å². The number of likely N-dealkylation sites (tertiary alicyclic amines) is 1. The van der Waals surface area contributed by atoms with Gasteiger partial charge in [-0.05, 0) is 56.7 Å². The average molecular weight is 476 g/mol. The fourth-order valence-corrected chi connectivity index (χ4v) is 5.51. The maximum atomic E-state index is 13.4. The zero-order chi connectivity index (χ0) is 24.9. The second-order valence-electron chi connectivity index (χ2n) is 10.3.